The van der Waals surface area contributed by atoms with Crippen LogP contribution in [0.1, 0.15) is 25.8 Å². The molecule has 2 heterocycles. The Morgan fingerprint density at radius 3 is 2.52 bits per heavy atom. The van der Waals surface area contributed by atoms with E-state index < -0.39 is 0 Å². The molecule has 1 aliphatic heterocycles. The van der Waals surface area contributed by atoms with E-state index in [4.69, 9.17) is 9.72 Å². The summed E-state index contributed by atoms with van der Waals surface area (Å²) in [5.41, 5.74) is 1.60. The van der Waals surface area contributed by atoms with Gasteiger partial charge < -0.3 is 19.9 Å². The number of piperazine rings is 1. The van der Waals surface area contributed by atoms with Crippen LogP contribution in [-0.2, 0) is 5.41 Å². The predicted octanol–water partition coefficient (Wildman–Crippen LogP) is 3.38. The summed E-state index contributed by atoms with van der Waals surface area (Å²) in [4.78, 5) is 21.4. The number of carbonyl (C=O) groups excluding carboxylic acids is 1. The number of likely N-dealkylation sites (N-methyl/N-ethyl adjacent to an activating group) is 1. The van der Waals surface area contributed by atoms with Crippen LogP contribution in [0.25, 0.3) is 10.2 Å². The average Bonchev–Trinajstić information content (AvgIpc) is 2.97. The number of rotatable bonds is 2. The summed E-state index contributed by atoms with van der Waals surface area (Å²) in [6, 6.07) is 3.79. The van der Waals surface area contributed by atoms with Crippen molar-refractivity contribution < 1.29 is 9.53 Å². The van der Waals surface area contributed by atoms with Crippen molar-refractivity contribution in [2.24, 2.45) is 0 Å². The highest BCUT2D eigenvalue weighted by atomic mass is 32.1. The molecule has 7 heteroatoms. The molecule has 1 saturated heterocycles. The van der Waals surface area contributed by atoms with Gasteiger partial charge in [0.1, 0.15) is 5.75 Å². The Kier molecular flexibility index (Phi) is 4.88. The van der Waals surface area contributed by atoms with Gasteiger partial charge in [-0.15, -0.1) is 11.3 Å². The maximum atomic E-state index is 12.6. The van der Waals surface area contributed by atoms with Gasteiger partial charge in [0.25, 0.3) is 0 Å². The minimum absolute atomic E-state index is 0.000160. The molecule has 1 aromatic heterocycles. The van der Waals surface area contributed by atoms with Gasteiger partial charge in [0, 0.05) is 37.7 Å². The molecule has 1 aliphatic rings. The van der Waals surface area contributed by atoms with Gasteiger partial charge in [0.05, 0.1) is 28.0 Å². The molecule has 6 nitrogen and oxygen atoms in total. The third kappa shape index (κ3) is 3.88. The molecule has 0 aliphatic carbocycles. The summed E-state index contributed by atoms with van der Waals surface area (Å²) in [7, 11) is 3.69. The van der Waals surface area contributed by atoms with Crippen molar-refractivity contribution in [2.45, 2.75) is 26.2 Å². The van der Waals surface area contributed by atoms with Crippen molar-refractivity contribution in [3.05, 3.63) is 17.1 Å². The highest BCUT2D eigenvalue weighted by Gasteiger charge is 2.22. The number of urea groups is 1. The highest BCUT2D eigenvalue weighted by molar-refractivity contribution is 7.18. The van der Waals surface area contributed by atoms with Crippen molar-refractivity contribution in [1.82, 2.24) is 14.8 Å². The van der Waals surface area contributed by atoms with Gasteiger partial charge in [-0.1, -0.05) is 20.8 Å². The molecule has 0 atom stereocenters. The van der Waals surface area contributed by atoms with Crippen LogP contribution in [-0.4, -0.2) is 61.2 Å². The SMILES string of the molecule is COc1cc2nc(C(C)(C)C)sc2cc1NC(=O)N1CCN(C)CC1. The molecule has 1 N–H and O–H groups in total. The number of hydrogen-bond donors (Lipinski definition) is 1. The highest BCUT2D eigenvalue weighted by Crippen LogP contribution is 2.36. The molecule has 1 fully saturated rings. The third-order valence-electron chi connectivity index (χ3n) is 4.38. The second-order valence-electron chi connectivity index (χ2n) is 7.51. The lowest BCUT2D eigenvalue weighted by Crippen LogP contribution is -2.48. The lowest BCUT2D eigenvalue weighted by atomic mass is 9.98. The third-order valence-corrected chi connectivity index (χ3v) is 5.83. The van der Waals surface area contributed by atoms with Crippen molar-refractivity contribution >= 4 is 33.3 Å². The molecule has 3 rings (SSSR count). The molecule has 1 aromatic carbocycles. The molecule has 0 saturated carbocycles. The van der Waals surface area contributed by atoms with E-state index >= 15 is 0 Å². The molecule has 2 amide bonds. The van der Waals surface area contributed by atoms with Gasteiger partial charge in [-0.25, -0.2) is 9.78 Å². The molecule has 136 valence electrons. The summed E-state index contributed by atoms with van der Waals surface area (Å²) in [5.74, 6) is 0.640. The zero-order valence-corrected chi connectivity index (χ0v) is 16.4. The van der Waals surface area contributed by atoms with Crippen LogP contribution in [0.3, 0.4) is 0 Å². The summed E-state index contributed by atoms with van der Waals surface area (Å²) < 4.78 is 6.53. The van der Waals surface area contributed by atoms with Crippen molar-refractivity contribution in [3.63, 3.8) is 0 Å². The zero-order valence-electron chi connectivity index (χ0n) is 15.5. The number of carbonyl (C=O) groups is 1. The Morgan fingerprint density at radius 2 is 1.92 bits per heavy atom. The van der Waals surface area contributed by atoms with Crippen LogP contribution in [0.15, 0.2) is 12.1 Å². The lowest BCUT2D eigenvalue weighted by Gasteiger charge is -2.32. The number of ether oxygens (including phenoxy) is 1. The van der Waals surface area contributed by atoms with Gasteiger partial charge >= 0.3 is 6.03 Å². The van der Waals surface area contributed by atoms with Crippen molar-refractivity contribution in [2.75, 3.05) is 45.7 Å². The summed E-state index contributed by atoms with van der Waals surface area (Å²) in [5, 5.41) is 4.08. The summed E-state index contributed by atoms with van der Waals surface area (Å²) >= 11 is 1.66. The van der Waals surface area contributed by atoms with Gasteiger partial charge in [0.15, 0.2) is 0 Å². The molecule has 0 unspecified atom stereocenters. The minimum Gasteiger partial charge on any atom is -0.494 e. The van der Waals surface area contributed by atoms with E-state index in [9.17, 15) is 4.79 Å². The van der Waals surface area contributed by atoms with E-state index in [0.29, 0.717) is 11.4 Å². The maximum absolute atomic E-state index is 12.6. The number of hydrogen-bond acceptors (Lipinski definition) is 5. The molecule has 0 radical (unpaired) electrons. The first-order valence-corrected chi connectivity index (χ1v) is 9.33. The fraction of sp³-hybridized carbons (Fsp3) is 0.556. The molecule has 2 aromatic rings. The first-order chi connectivity index (χ1) is 11.8. The second kappa shape index (κ2) is 6.80. The molecule has 0 bridgehead atoms. The number of aromatic nitrogens is 1. The van der Waals surface area contributed by atoms with E-state index in [1.807, 2.05) is 17.0 Å². The number of nitrogens with one attached hydrogen (secondary N) is 1. The Balaban J connectivity index is 1.86. The number of fused-ring (bicyclic) bond motifs is 1. The maximum Gasteiger partial charge on any atom is 0.322 e. The predicted molar refractivity (Wildman–Crippen MR) is 103 cm³/mol. The quantitative estimate of drug-likeness (QED) is 0.890. The Morgan fingerprint density at radius 1 is 1.24 bits per heavy atom. The van der Waals surface area contributed by atoms with Crippen LogP contribution >= 0.6 is 11.3 Å². The Labute approximate surface area is 152 Å². The fourth-order valence-corrected chi connectivity index (χ4v) is 3.79. The smallest absolute Gasteiger partial charge is 0.322 e. The van der Waals surface area contributed by atoms with Crippen LogP contribution in [0.4, 0.5) is 10.5 Å². The number of benzene rings is 1. The van der Waals surface area contributed by atoms with Gasteiger partial charge in [-0.2, -0.15) is 0 Å². The van der Waals surface area contributed by atoms with E-state index in [2.05, 4.69) is 38.0 Å². The summed E-state index contributed by atoms with van der Waals surface area (Å²) in [6.45, 7) is 9.72. The van der Waals surface area contributed by atoms with E-state index in [0.717, 1.165) is 41.4 Å². The van der Waals surface area contributed by atoms with Crippen LogP contribution in [0, 0.1) is 0 Å². The fourth-order valence-electron chi connectivity index (χ4n) is 2.75. The molecular formula is C18H26N4O2S. The van der Waals surface area contributed by atoms with Crippen molar-refractivity contribution in [3.8, 4) is 5.75 Å². The summed E-state index contributed by atoms with van der Waals surface area (Å²) in [6.07, 6.45) is 0. The van der Waals surface area contributed by atoms with E-state index in [1.54, 1.807) is 18.4 Å². The topological polar surface area (TPSA) is 57.7 Å². The largest absolute Gasteiger partial charge is 0.494 e. The minimum atomic E-state index is -0.0775. The number of anilines is 1. The Bertz CT molecular complexity index is 773. The normalized spacial score (nSPS) is 16.3. The number of amides is 2. The monoisotopic (exact) mass is 362 g/mol. The number of thiazole rings is 1. The second-order valence-corrected chi connectivity index (χ2v) is 8.54. The standard InChI is InChI=1S/C18H26N4O2S/c1-18(2,3)16-19-13-10-14(24-5)12(11-15(13)25-16)20-17(23)22-8-6-21(4)7-9-22/h10-11H,6-9H2,1-5H3,(H,20,23). The Hall–Kier alpha value is -1.86. The van der Waals surface area contributed by atoms with Gasteiger partial charge in [-0.05, 0) is 13.1 Å². The van der Waals surface area contributed by atoms with E-state index in [-0.39, 0.29) is 11.4 Å². The van der Waals surface area contributed by atoms with Crippen LogP contribution < -0.4 is 10.1 Å². The first-order valence-electron chi connectivity index (χ1n) is 8.51. The number of methoxy groups -OCH3 is 1. The molecule has 25 heavy (non-hydrogen) atoms. The zero-order chi connectivity index (χ0) is 18.2. The van der Waals surface area contributed by atoms with Gasteiger partial charge in [0.2, 0.25) is 0 Å². The van der Waals surface area contributed by atoms with E-state index in [1.165, 1.54) is 0 Å². The van der Waals surface area contributed by atoms with Crippen molar-refractivity contribution in [1.29, 1.82) is 0 Å². The molecular weight excluding hydrogens is 336 g/mol. The number of nitrogens with zero attached hydrogens (tertiary/aromatic N) is 3. The first kappa shape index (κ1) is 17.9. The average molecular weight is 362 g/mol. The van der Waals surface area contributed by atoms with Crippen LogP contribution in [0.5, 0.6) is 5.75 Å². The molecule has 0 spiro atoms. The van der Waals surface area contributed by atoms with Crippen LogP contribution in [0.2, 0.25) is 0 Å². The van der Waals surface area contributed by atoms with Gasteiger partial charge in [-0.3, -0.25) is 0 Å². The lowest BCUT2D eigenvalue weighted by molar-refractivity contribution is 0.164.